The number of anilines is 1. The van der Waals surface area contributed by atoms with E-state index in [0.717, 1.165) is 10.0 Å². The third-order valence-electron chi connectivity index (χ3n) is 1.80. The smallest absolute Gasteiger partial charge is 0.253 e. The number of hydrogen-bond donors (Lipinski definition) is 2. The highest BCUT2D eigenvalue weighted by atomic mass is 79.9. The molecule has 0 aliphatic carbocycles. The summed E-state index contributed by atoms with van der Waals surface area (Å²) in [5.41, 5.74) is 7.67. The van der Waals surface area contributed by atoms with Gasteiger partial charge in [-0.1, -0.05) is 15.9 Å². The molecule has 0 bridgehead atoms. The highest BCUT2D eigenvalue weighted by Crippen LogP contribution is 2.22. The maximum atomic E-state index is 11.3. The number of amides is 1. The lowest BCUT2D eigenvalue weighted by Crippen LogP contribution is -2.19. The van der Waals surface area contributed by atoms with Crippen LogP contribution in [0.1, 0.15) is 15.9 Å². The van der Waals surface area contributed by atoms with Gasteiger partial charge in [-0.3, -0.25) is 4.79 Å². The Morgan fingerprint density at radius 2 is 2.15 bits per heavy atom. The fourth-order valence-corrected chi connectivity index (χ4v) is 1.39. The molecule has 0 fully saturated rings. The van der Waals surface area contributed by atoms with Gasteiger partial charge in [0.1, 0.15) is 0 Å². The molecule has 70 valence electrons. The van der Waals surface area contributed by atoms with Gasteiger partial charge in [0.2, 0.25) is 0 Å². The van der Waals surface area contributed by atoms with Crippen LogP contribution in [0.4, 0.5) is 5.69 Å². The zero-order valence-electron chi connectivity index (χ0n) is 7.52. The predicted octanol–water partition coefficient (Wildman–Crippen LogP) is 1.70. The van der Waals surface area contributed by atoms with E-state index in [1.807, 2.05) is 6.92 Å². The number of nitrogens with one attached hydrogen (secondary N) is 1. The van der Waals surface area contributed by atoms with Crippen LogP contribution in [-0.4, -0.2) is 13.0 Å². The van der Waals surface area contributed by atoms with Crippen LogP contribution in [0.5, 0.6) is 0 Å². The molecule has 0 spiro atoms. The van der Waals surface area contributed by atoms with Gasteiger partial charge in [-0.15, -0.1) is 0 Å². The lowest BCUT2D eigenvalue weighted by Gasteiger charge is -2.06. The van der Waals surface area contributed by atoms with Crippen LogP contribution in [0.15, 0.2) is 16.6 Å². The van der Waals surface area contributed by atoms with Crippen molar-refractivity contribution in [2.45, 2.75) is 6.92 Å². The summed E-state index contributed by atoms with van der Waals surface area (Å²) in [6.45, 7) is 1.91. The fraction of sp³-hybridized carbons (Fsp3) is 0.222. The molecule has 1 rings (SSSR count). The molecule has 0 radical (unpaired) electrons. The number of hydrogen-bond acceptors (Lipinski definition) is 2. The van der Waals surface area contributed by atoms with Crippen molar-refractivity contribution in [1.82, 2.24) is 5.32 Å². The van der Waals surface area contributed by atoms with Crippen LogP contribution in [0, 0.1) is 6.92 Å². The van der Waals surface area contributed by atoms with Gasteiger partial charge in [0, 0.05) is 17.2 Å². The summed E-state index contributed by atoms with van der Waals surface area (Å²) in [4.78, 5) is 11.3. The van der Waals surface area contributed by atoms with Crippen LogP contribution >= 0.6 is 15.9 Å². The topological polar surface area (TPSA) is 55.1 Å². The van der Waals surface area contributed by atoms with Gasteiger partial charge < -0.3 is 11.1 Å². The number of carbonyl (C=O) groups excluding carboxylic acids is 1. The lowest BCUT2D eigenvalue weighted by atomic mass is 10.1. The van der Waals surface area contributed by atoms with Crippen molar-refractivity contribution in [3.63, 3.8) is 0 Å². The monoisotopic (exact) mass is 242 g/mol. The van der Waals surface area contributed by atoms with Crippen LogP contribution in [-0.2, 0) is 0 Å². The highest BCUT2D eigenvalue weighted by molar-refractivity contribution is 9.10. The van der Waals surface area contributed by atoms with Gasteiger partial charge in [0.05, 0.1) is 5.56 Å². The molecule has 0 atom stereocenters. The summed E-state index contributed by atoms with van der Waals surface area (Å²) < 4.78 is 0.914. The minimum atomic E-state index is -0.159. The van der Waals surface area contributed by atoms with E-state index in [9.17, 15) is 4.79 Å². The third kappa shape index (κ3) is 2.01. The molecule has 1 aromatic rings. The zero-order chi connectivity index (χ0) is 10.0. The quantitative estimate of drug-likeness (QED) is 0.737. The van der Waals surface area contributed by atoms with Gasteiger partial charge in [-0.05, 0) is 24.6 Å². The predicted molar refractivity (Wildman–Crippen MR) is 56.7 cm³/mol. The summed E-state index contributed by atoms with van der Waals surface area (Å²) in [6.07, 6.45) is 0. The van der Waals surface area contributed by atoms with Gasteiger partial charge >= 0.3 is 0 Å². The Balaban J connectivity index is 3.23. The Bertz CT molecular complexity index is 350. The number of aryl methyl sites for hydroxylation is 1. The van der Waals surface area contributed by atoms with Crippen LogP contribution in [0.3, 0.4) is 0 Å². The SMILES string of the molecule is CNC(=O)c1cc(C)c(Br)cc1N. The molecule has 0 unspecified atom stereocenters. The summed E-state index contributed by atoms with van der Waals surface area (Å²) in [5.74, 6) is -0.159. The molecule has 3 nitrogen and oxygen atoms in total. The standard InChI is InChI=1S/C9H11BrN2O/c1-5-3-6(9(13)12-2)8(11)4-7(5)10/h3-4H,11H2,1-2H3,(H,12,13). The fourth-order valence-electron chi connectivity index (χ4n) is 1.03. The number of carbonyl (C=O) groups is 1. The van der Waals surface area contributed by atoms with E-state index >= 15 is 0 Å². The number of halogens is 1. The molecule has 0 aliphatic rings. The maximum Gasteiger partial charge on any atom is 0.253 e. The first-order valence-electron chi connectivity index (χ1n) is 3.84. The van der Waals surface area contributed by atoms with Crippen LogP contribution in [0.2, 0.25) is 0 Å². The molecule has 1 aromatic carbocycles. The Labute approximate surface area is 85.4 Å². The Morgan fingerprint density at radius 1 is 1.54 bits per heavy atom. The zero-order valence-corrected chi connectivity index (χ0v) is 9.10. The van der Waals surface area contributed by atoms with E-state index in [2.05, 4.69) is 21.2 Å². The van der Waals surface area contributed by atoms with Crippen molar-refractivity contribution >= 4 is 27.5 Å². The largest absolute Gasteiger partial charge is 0.398 e. The van der Waals surface area contributed by atoms with Crippen molar-refractivity contribution in [2.24, 2.45) is 0 Å². The normalized spacial score (nSPS) is 9.77. The lowest BCUT2D eigenvalue weighted by molar-refractivity contribution is 0.0964. The van der Waals surface area contributed by atoms with E-state index in [-0.39, 0.29) is 5.91 Å². The van der Waals surface area contributed by atoms with E-state index in [0.29, 0.717) is 11.3 Å². The average molecular weight is 243 g/mol. The first-order chi connectivity index (χ1) is 6.06. The van der Waals surface area contributed by atoms with Crippen molar-refractivity contribution in [2.75, 3.05) is 12.8 Å². The molecular formula is C9H11BrN2O. The van der Waals surface area contributed by atoms with Gasteiger partial charge in [0.15, 0.2) is 0 Å². The molecule has 0 aliphatic heterocycles. The number of nitrogens with two attached hydrogens (primary N) is 1. The minimum absolute atomic E-state index is 0.159. The van der Waals surface area contributed by atoms with Crippen LogP contribution < -0.4 is 11.1 Å². The van der Waals surface area contributed by atoms with Gasteiger partial charge in [0.25, 0.3) is 5.91 Å². The van der Waals surface area contributed by atoms with Gasteiger partial charge in [-0.25, -0.2) is 0 Å². The summed E-state index contributed by atoms with van der Waals surface area (Å²) in [7, 11) is 1.58. The van der Waals surface area contributed by atoms with E-state index in [1.54, 1.807) is 19.2 Å². The van der Waals surface area contributed by atoms with E-state index < -0.39 is 0 Å². The molecule has 0 saturated carbocycles. The van der Waals surface area contributed by atoms with Crippen molar-refractivity contribution in [1.29, 1.82) is 0 Å². The minimum Gasteiger partial charge on any atom is -0.398 e. The van der Waals surface area contributed by atoms with Crippen molar-refractivity contribution < 1.29 is 4.79 Å². The number of rotatable bonds is 1. The molecule has 0 aromatic heterocycles. The van der Waals surface area contributed by atoms with Crippen molar-refractivity contribution in [3.05, 3.63) is 27.7 Å². The molecular weight excluding hydrogens is 232 g/mol. The Kier molecular flexibility index (Phi) is 2.93. The number of benzene rings is 1. The van der Waals surface area contributed by atoms with E-state index in [1.165, 1.54) is 0 Å². The molecule has 4 heteroatoms. The average Bonchev–Trinajstić information content (AvgIpc) is 2.10. The van der Waals surface area contributed by atoms with E-state index in [4.69, 9.17) is 5.73 Å². The molecule has 1 amide bonds. The highest BCUT2D eigenvalue weighted by Gasteiger charge is 2.09. The Hall–Kier alpha value is -1.03. The summed E-state index contributed by atoms with van der Waals surface area (Å²) >= 11 is 3.34. The van der Waals surface area contributed by atoms with Crippen LogP contribution in [0.25, 0.3) is 0 Å². The third-order valence-corrected chi connectivity index (χ3v) is 2.66. The first-order valence-corrected chi connectivity index (χ1v) is 4.63. The second kappa shape index (κ2) is 3.79. The van der Waals surface area contributed by atoms with Gasteiger partial charge in [-0.2, -0.15) is 0 Å². The maximum absolute atomic E-state index is 11.3. The second-order valence-electron chi connectivity index (χ2n) is 2.77. The van der Waals surface area contributed by atoms with Crippen molar-refractivity contribution in [3.8, 4) is 0 Å². The number of nitrogen functional groups attached to an aromatic ring is 1. The summed E-state index contributed by atoms with van der Waals surface area (Å²) in [6, 6.07) is 3.50. The first kappa shape index (κ1) is 10.1. The molecule has 13 heavy (non-hydrogen) atoms. The molecule has 0 heterocycles. The molecule has 0 saturated heterocycles. The summed E-state index contributed by atoms with van der Waals surface area (Å²) in [5, 5.41) is 2.53. The molecule has 3 N–H and O–H groups in total. The second-order valence-corrected chi connectivity index (χ2v) is 3.62. The Morgan fingerprint density at radius 3 is 2.69 bits per heavy atom.